The molecule has 2 atom stereocenters. The fraction of sp³-hybridized carbons (Fsp3) is 0.200. The fourth-order valence-electron chi connectivity index (χ4n) is 1.15. The monoisotopic (exact) mass is 226 g/mol. The van der Waals surface area contributed by atoms with Crippen LogP contribution in [0.5, 0.6) is 0 Å². The molecule has 1 aromatic rings. The fourth-order valence-corrected chi connectivity index (χ4v) is 1.15. The molecule has 2 unspecified atom stereocenters. The van der Waals surface area contributed by atoms with Crippen molar-refractivity contribution in [3.8, 4) is 0 Å². The van der Waals surface area contributed by atoms with Gasteiger partial charge in [0.2, 0.25) is 0 Å². The van der Waals surface area contributed by atoms with Gasteiger partial charge in [0, 0.05) is 0 Å². The molecular formula is C10H10O6. The van der Waals surface area contributed by atoms with E-state index in [4.69, 9.17) is 20.4 Å². The largest absolute Gasteiger partial charge is 0.479 e. The first kappa shape index (κ1) is 12.2. The van der Waals surface area contributed by atoms with Crippen molar-refractivity contribution in [3.63, 3.8) is 0 Å². The van der Waals surface area contributed by atoms with Crippen LogP contribution in [0.15, 0.2) is 24.3 Å². The van der Waals surface area contributed by atoms with Gasteiger partial charge in [0.25, 0.3) is 0 Å². The van der Waals surface area contributed by atoms with Gasteiger partial charge in [-0.05, 0) is 11.1 Å². The first-order valence-corrected chi connectivity index (χ1v) is 4.35. The summed E-state index contributed by atoms with van der Waals surface area (Å²) in [6.07, 6.45) is -3.31. The smallest absolute Gasteiger partial charge is 0.337 e. The van der Waals surface area contributed by atoms with Crippen molar-refractivity contribution in [2.45, 2.75) is 12.2 Å². The van der Waals surface area contributed by atoms with Crippen LogP contribution in [0.1, 0.15) is 23.3 Å². The second kappa shape index (κ2) is 4.73. The van der Waals surface area contributed by atoms with Crippen LogP contribution in [0.25, 0.3) is 0 Å². The van der Waals surface area contributed by atoms with Gasteiger partial charge < -0.3 is 20.4 Å². The van der Waals surface area contributed by atoms with Crippen LogP contribution in [0.3, 0.4) is 0 Å². The predicted octanol–water partition coefficient (Wildman–Crippen LogP) is -0.0774. The maximum absolute atomic E-state index is 10.4. The molecule has 0 spiro atoms. The van der Waals surface area contributed by atoms with Crippen LogP contribution in [-0.2, 0) is 9.59 Å². The third kappa shape index (κ3) is 2.56. The number of benzene rings is 1. The van der Waals surface area contributed by atoms with Crippen molar-refractivity contribution in [2.24, 2.45) is 0 Å². The molecular weight excluding hydrogens is 216 g/mol. The highest BCUT2D eigenvalue weighted by molar-refractivity contribution is 5.75. The van der Waals surface area contributed by atoms with E-state index in [9.17, 15) is 9.59 Å². The van der Waals surface area contributed by atoms with Gasteiger partial charge in [-0.1, -0.05) is 24.3 Å². The molecule has 16 heavy (non-hydrogen) atoms. The summed E-state index contributed by atoms with van der Waals surface area (Å²) in [5.41, 5.74) is 0.239. The van der Waals surface area contributed by atoms with Crippen LogP contribution in [-0.4, -0.2) is 32.4 Å². The molecule has 0 bridgehead atoms. The minimum Gasteiger partial charge on any atom is -0.479 e. The number of rotatable bonds is 4. The maximum Gasteiger partial charge on any atom is 0.337 e. The zero-order chi connectivity index (χ0) is 12.3. The first-order chi connectivity index (χ1) is 7.43. The average molecular weight is 226 g/mol. The highest BCUT2D eigenvalue weighted by Crippen LogP contribution is 2.18. The molecule has 86 valence electrons. The summed E-state index contributed by atoms with van der Waals surface area (Å²) >= 11 is 0. The quantitative estimate of drug-likeness (QED) is 0.571. The Bertz CT molecular complexity index is 357. The Hall–Kier alpha value is -1.92. The number of carboxylic acid groups (broad SMARTS) is 2. The Morgan fingerprint density at radius 3 is 1.25 bits per heavy atom. The topological polar surface area (TPSA) is 115 Å². The van der Waals surface area contributed by atoms with Crippen molar-refractivity contribution < 1.29 is 30.0 Å². The predicted molar refractivity (Wildman–Crippen MR) is 51.6 cm³/mol. The molecule has 0 heterocycles. The molecule has 0 amide bonds. The minimum atomic E-state index is -1.66. The number of carboxylic acids is 2. The van der Waals surface area contributed by atoms with Gasteiger partial charge in [0.15, 0.2) is 12.2 Å². The van der Waals surface area contributed by atoms with E-state index in [0.29, 0.717) is 0 Å². The van der Waals surface area contributed by atoms with E-state index >= 15 is 0 Å². The molecule has 0 aliphatic carbocycles. The summed E-state index contributed by atoms with van der Waals surface area (Å²) in [5.74, 6) is -2.79. The number of aliphatic carboxylic acids is 2. The second-order valence-electron chi connectivity index (χ2n) is 3.15. The number of hydrogen-bond acceptors (Lipinski definition) is 4. The zero-order valence-corrected chi connectivity index (χ0v) is 8.07. The number of aliphatic hydroxyl groups excluding tert-OH is 2. The van der Waals surface area contributed by atoms with Gasteiger partial charge in [-0.15, -0.1) is 0 Å². The average Bonchev–Trinajstić information content (AvgIpc) is 2.27. The van der Waals surface area contributed by atoms with Gasteiger partial charge in [-0.3, -0.25) is 0 Å². The van der Waals surface area contributed by atoms with E-state index in [-0.39, 0.29) is 11.1 Å². The zero-order valence-electron chi connectivity index (χ0n) is 8.07. The first-order valence-electron chi connectivity index (χ1n) is 4.35. The standard InChI is InChI=1S/C10H10O6/c11-7(9(13)14)5-1-2-6(4-3-5)8(12)10(15)16/h1-4,7-8,11-12H,(H,13,14)(H,15,16). The van der Waals surface area contributed by atoms with E-state index in [0.717, 1.165) is 0 Å². The molecule has 0 fully saturated rings. The molecule has 0 saturated heterocycles. The van der Waals surface area contributed by atoms with E-state index in [1.54, 1.807) is 0 Å². The Labute approximate surface area is 90.4 Å². The van der Waals surface area contributed by atoms with Crippen molar-refractivity contribution >= 4 is 11.9 Å². The van der Waals surface area contributed by atoms with Crippen molar-refractivity contribution in [1.82, 2.24) is 0 Å². The summed E-state index contributed by atoms with van der Waals surface area (Å²) < 4.78 is 0. The van der Waals surface area contributed by atoms with Crippen LogP contribution >= 0.6 is 0 Å². The molecule has 0 aromatic heterocycles. The molecule has 0 radical (unpaired) electrons. The molecule has 0 aliphatic rings. The van der Waals surface area contributed by atoms with Crippen molar-refractivity contribution in [2.75, 3.05) is 0 Å². The molecule has 1 aromatic carbocycles. The van der Waals surface area contributed by atoms with Gasteiger partial charge in [0.1, 0.15) is 0 Å². The highest BCUT2D eigenvalue weighted by Gasteiger charge is 2.18. The van der Waals surface area contributed by atoms with Crippen LogP contribution in [0.2, 0.25) is 0 Å². The lowest BCUT2D eigenvalue weighted by molar-refractivity contribution is -0.147. The maximum atomic E-state index is 10.4. The lowest BCUT2D eigenvalue weighted by atomic mass is 10.0. The molecule has 0 saturated carbocycles. The highest BCUT2D eigenvalue weighted by atomic mass is 16.4. The summed E-state index contributed by atoms with van der Waals surface area (Å²) in [4.78, 5) is 20.9. The van der Waals surface area contributed by atoms with Crippen molar-refractivity contribution in [1.29, 1.82) is 0 Å². The summed E-state index contributed by atoms with van der Waals surface area (Å²) in [7, 11) is 0. The van der Waals surface area contributed by atoms with Crippen LogP contribution in [0, 0.1) is 0 Å². The van der Waals surface area contributed by atoms with E-state index in [2.05, 4.69) is 0 Å². The van der Waals surface area contributed by atoms with Gasteiger partial charge in [-0.2, -0.15) is 0 Å². The Morgan fingerprint density at radius 1 is 0.812 bits per heavy atom. The second-order valence-corrected chi connectivity index (χ2v) is 3.15. The number of hydrogen-bond donors (Lipinski definition) is 4. The van der Waals surface area contributed by atoms with E-state index in [1.807, 2.05) is 0 Å². The van der Waals surface area contributed by atoms with E-state index in [1.165, 1.54) is 24.3 Å². The summed E-state index contributed by atoms with van der Waals surface area (Å²) in [6, 6.07) is 5.00. The normalized spacial score (nSPS) is 14.1. The molecule has 6 heteroatoms. The molecule has 0 aliphatic heterocycles. The molecule has 1 rings (SSSR count). The molecule has 6 nitrogen and oxygen atoms in total. The Kier molecular flexibility index (Phi) is 3.60. The summed E-state index contributed by atoms with van der Waals surface area (Å²) in [6.45, 7) is 0. The van der Waals surface area contributed by atoms with Gasteiger partial charge in [-0.25, -0.2) is 9.59 Å². The van der Waals surface area contributed by atoms with Crippen LogP contribution in [0.4, 0.5) is 0 Å². The Morgan fingerprint density at radius 2 is 1.06 bits per heavy atom. The third-order valence-corrected chi connectivity index (χ3v) is 2.04. The third-order valence-electron chi connectivity index (χ3n) is 2.04. The van der Waals surface area contributed by atoms with Crippen molar-refractivity contribution in [3.05, 3.63) is 35.4 Å². The lowest BCUT2D eigenvalue weighted by Crippen LogP contribution is -2.12. The van der Waals surface area contributed by atoms with Gasteiger partial charge >= 0.3 is 11.9 Å². The lowest BCUT2D eigenvalue weighted by Gasteiger charge is -2.08. The minimum absolute atomic E-state index is 0.119. The van der Waals surface area contributed by atoms with E-state index < -0.39 is 24.1 Å². The van der Waals surface area contributed by atoms with Gasteiger partial charge in [0.05, 0.1) is 0 Å². The Balaban J connectivity index is 2.91. The summed E-state index contributed by atoms with van der Waals surface area (Å²) in [5, 5.41) is 35.3. The number of carbonyl (C=O) groups is 2. The SMILES string of the molecule is O=C(O)C(O)c1ccc(C(O)C(=O)O)cc1. The van der Waals surface area contributed by atoms with Crippen LogP contribution < -0.4 is 0 Å². The number of aliphatic hydroxyl groups is 2. The molecule has 4 N–H and O–H groups in total.